The Kier molecular flexibility index (Phi) is 5.57. The van der Waals surface area contributed by atoms with Crippen LogP contribution in [0.5, 0.6) is 0 Å². The number of amides is 5. The number of halogens is 1. The van der Waals surface area contributed by atoms with Crippen LogP contribution in [0.2, 0.25) is 0 Å². The number of nitrogens with two attached hydrogens (primary N) is 1. The maximum absolute atomic E-state index is 14.8. The van der Waals surface area contributed by atoms with Gasteiger partial charge in [0.2, 0.25) is 5.91 Å². The summed E-state index contributed by atoms with van der Waals surface area (Å²) in [6.07, 6.45) is -1.17. The molecule has 0 aromatic heterocycles. The number of urea groups is 1. The third-order valence-electron chi connectivity index (χ3n) is 4.93. The number of nitrogens with zero attached hydrogens (tertiary/aromatic N) is 3. The van der Waals surface area contributed by atoms with Gasteiger partial charge in [0, 0.05) is 20.0 Å². The second kappa shape index (κ2) is 7.94. The fourth-order valence-corrected chi connectivity index (χ4v) is 3.41. The van der Waals surface area contributed by atoms with Crippen molar-refractivity contribution in [3.63, 3.8) is 0 Å². The Hall–Kier alpha value is -3.37. The van der Waals surface area contributed by atoms with Gasteiger partial charge in [-0.3, -0.25) is 19.4 Å². The van der Waals surface area contributed by atoms with Crippen molar-refractivity contribution in [3.05, 3.63) is 24.0 Å². The number of carbonyl (C=O) groups is 4. The van der Waals surface area contributed by atoms with E-state index in [9.17, 15) is 23.6 Å². The Morgan fingerprint density at radius 1 is 1.31 bits per heavy atom. The molecule has 1 unspecified atom stereocenters. The molecule has 0 bridgehead atoms. The van der Waals surface area contributed by atoms with Gasteiger partial charge < -0.3 is 20.7 Å². The van der Waals surface area contributed by atoms with Gasteiger partial charge in [0.1, 0.15) is 18.0 Å². The third-order valence-corrected chi connectivity index (χ3v) is 4.93. The smallest absolute Gasteiger partial charge is 0.414 e. The molecule has 2 saturated heterocycles. The molecule has 0 spiro atoms. The van der Waals surface area contributed by atoms with E-state index in [4.69, 9.17) is 10.5 Å². The lowest BCUT2D eigenvalue weighted by molar-refractivity contribution is -0.130. The molecule has 3 N–H and O–H groups in total. The normalized spacial score (nSPS) is 22.0. The van der Waals surface area contributed by atoms with Gasteiger partial charge in [0.25, 0.3) is 5.91 Å². The number of ether oxygens (including phenoxy) is 1. The lowest BCUT2D eigenvalue weighted by atomic mass is 10.1. The number of hydrogen-bond donors (Lipinski definition) is 2. The third kappa shape index (κ3) is 4.08. The highest BCUT2D eigenvalue weighted by Gasteiger charge is 2.36. The van der Waals surface area contributed by atoms with Crippen molar-refractivity contribution >= 4 is 35.3 Å². The number of benzene rings is 1. The average Bonchev–Trinajstić information content (AvgIpc) is 3.03. The van der Waals surface area contributed by atoms with Crippen LogP contribution in [0.4, 0.5) is 25.4 Å². The highest BCUT2D eigenvalue weighted by Crippen LogP contribution is 2.30. The minimum Gasteiger partial charge on any atom is -0.442 e. The van der Waals surface area contributed by atoms with E-state index in [2.05, 4.69) is 5.32 Å². The Morgan fingerprint density at radius 3 is 2.66 bits per heavy atom. The summed E-state index contributed by atoms with van der Waals surface area (Å²) in [4.78, 5) is 50.4. The van der Waals surface area contributed by atoms with Crippen LogP contribution in [0, 0.1) is 5.82 Å². The van der Waals surface area contributed by atoms with E-state index in [1.807, 2.05) is 0 Å². The summed E-state index contributed by atoms with van der Waals surface area (Å²) in [6.45, 7) is 3.55. The monoisotopic (exact) mass is 407 g/mol. The number of primary amides is 1. The Bertz CT molecular complexity index is 863. The second-order valence-corrected chi connectivity index (χ2v) is 6.89. The summed E-state index contributed by atoms with van der Waals surface area (Å²) in [5, 5.41) is 2.57. The van der Waals surface area contributed by atoms with E-state index in [0.29, 0.717) is 5.69 Å². The molecule has 156 valence electrons. The first-order valence-corrected chi connectivity index (χ1v) is 9.08. The maximum atomic E-state index is 14.8. The first-order valence-electron chi connectivity index (χ1n) is 9.08. The first kappa shape index (κ1) is 20.4. The van der Waals surface area contributed by atoms with Crippen LogP contribution in [0.1, 0.15) is 13.8 Å². The van der Waals surface area contributed by atoms with Crippen molar-refractivity contribution in [3.8, 4) is 0 Å². The maximum Gasteiger partial charge on any atom is 0.414 e. The number of piperazine rings is 1. The van der Waals surface area contributed by atoms with Gasteiger partial charge in [-0.1, -0.05) is 0 Å². The summed E-state index contributed by atoms with van der Waals surface area (Å²) in [5.41, 5.74) is 5.67. The van der Waals surface area contributed by atoms with Crippen molar-refractivity contribution in [1.82, 2.24) is 10.2 Å². The van der Waals surface area contributed by atoms with Crippen LogP contribution in [0.3, 0.4) is 0 Å². The van der Waals surface area contributed by atoms with Crippen LogP contribution in [-0.2, 0) is 14.3 Å². The van der Waals surface area contributed by atoms with E-state index in [0.717, 1.165) is 4.90 Å². The zero-order valence-corrected chi connectivity index (χ0v) is 16.1. The van der Waals surface area contributed by atoms with Gasteiger partial charge in [0.15, 0.2) is 0 Å². The molecule has 11 heteroatoms. The molecule has 0 saturated carbocycles. The predicted octanol–water partition coefficient (Wildman–Crippen LogP) is 0.403. The summed E-state index contributed by atoms with van der Waals surface area (Å²) < 4.78 is 20.0. The zero-order valence-electron chi connectivity index (χ0n) is 16.1. The topological polar surface area (TPSA) is 125 Å². The summed E-state index contributed by atoms with van der Waals surface area (Å²) >= 11 is 0. The SMILES string of the molecule is CC(=O)NC[C@H]1CN(c2ccc(N3CCN(C(N)=O)C(=O)C3C)c(F)c2)C(=O)O1. The standard InChI is InChI=1S/C18H22FN5O5/c1-10-16(26)23(17(20)27)6-5-22(10)15-4-3-12(7-14(15)19)24-9-13(29-18(24)28)8-21-11(2)25/h3-4,7,10,13H,5-6,8-9H2,1-2H3,(H2,20,27)(H,21,25)/t10?,13-/m0/s1. The molecule has 2 aliphatic heterocycles. The molecule has 0 radical (unpaired) electrons. The number of imide groups is 1. The number of hydrogen-bond acceptors (Lipinski definition) is 6. The minimum absolute atomic E-state index is 0.0585. The van der Waals surface area contributed by atoms with Crippen LogP contribution < -0.4 is 20.9 Å². The van der Waals surface area contributed by atoms with E-state index in [1.54, 1.807) is 17.9 Å². The molecule has 2 atom stereocenters. The van der Waals surface area contributed by atoms with E-state index in [1.165, 1.54) is 24.0 Å². The lowest BCUT2D eigenvalue weighted by Crippen LogP contribution is -2.59. The molecule has 0 aliphatic carbocycles. The Balaban J connectivity index is 1.74. The van der Waals surface area contributed by atoms with Crippen LogP contribution in [-0.4, -0.2) is 67.2 Å². The van der Waals surface area contributed by atoms with Crippen molar-refractivity contribution in [2.75, 3.05) is 36.0 Å². The number of carbonyl (C=O) groups excluding carboxylic acids is 4. The summed E-state index contributed by atoms with van der Waals surface area (Å²) in [6, 6.07) is 2.62. The number of anilines is 2. The van der Waals surface area contributed by atoms with E-state index < -0.39 is 36.0 Å². The molecular weight excluding hydrogens is 385 g/mol. The quantitative estimate of drug-likeness (QED) is 0.744. The van der Waals surface area contributed by atoms with Gasteiger partial charge in [-0.25, -0.2) is 14.0 Å². The zero-order chi connectivity index (χ0) is 21.3. The summed E-state index contributed by atoms with van der Waals surface area (Å²) in [7, 11) is 0. The Morgan fingerprint density at radius 2 is 2.03 bits per heavy atom. The molecule has 3 rings (SSSR count). The Labute approximate surface area is 166 Å². The van der Waals surface area contributed by atoms with Crippen LogP contribution >= 0.6 is 0 Å². The molecule has 5 amide bonds. The first-order chi connectivity index (χ1) is 13.7. The van der Waals surface area contributed by atoms with E-state index in [-0.39, 0.29) is 37.8 Å². The lowest BCUT2D eigenvalue weighted by Gasteiger charge is -2.39. The molecule has 2 heterocycles. The van der Waals surface area contributed by atoms with Crippen molar-refractivity contribution in [2.24, 2.45) is 5.73 Å². The summed E-state index contributed by atoms with van der Waals surface area (Å²) in [5.74, 6) is -1.36. The fraction of sp³-hybridized carbons (Fsp3) is 0.444. The van der Waals surface area contributed by atoms with Crippen LogP contribution in [0.25, 0.3) is 0 Å². The average molecular weight is 407 g/mol. The highest BCUT2D eigenvalue weighted by atomic mass is 19.1. The van der Waals surface area contributed by atoms with Crippen molar-refractivity contribution < 1.29 is 28.3 Å². The molecule has 2 aliphatic rings. The minimum atomic E-state index is -0.835. The van der Waals surface area contributed by atoms with Crippen molar-refractivity contribution in [2.45, 2.75) is 26.0 Å². The number of rotatable bonds is 4. The predicted molar refractivity (Wildman–Crippen MR) is 101 cm³/mol. The van der Waals surface area contributed by atoms with Crippen molar-refractivity contribution in [1.29, 1.82) is 0 Å². The molecule has 2 fully saturated rings. The largest absolute Gasteiger partial charge is 0.442 e. The van der Waals surface area contributed by atoms with E-state index >= 15 is 0 Å². The number of cyclic esters (lactones) is 1. The second-order valence-electron chi connectivity index (χ2n) is 6.89. The van der Waals surface area contributed by atoms with Crippen LogP contribution in [0.15, 0.2) is 18.2 Å². The molecule has 1 aromatic carbocycles. The molecule has 1 aromatic rings. The van der Waals surface area contributed by atoms with Gasteiger partial charge in [-0.2, -0.15) is 0 Å². The van der Waals surface area contributed by atoms with Gasteiger partial charge in [-0.05, 0) is 25.1 Å². The molecular formula is C18H22FN5O5. The highest BCUT2D eigenvalue weighted by molar-refractivity contribution is 5.99. The molecule has 10 nitrogen and oxygen atoms in total. The van der Waals surface area contributed by atoms with Gasteiger partial charge >= 0.3 is 12.1 Å². The van der Waals surface area contributed by atoms with Gasteiger partial charge in [-0.15, -0.1) is 0 Å². The van der Waals surface area contributed by atoms with Gasteiger partial charge in [0.05, 0.1) is 24.5 Å². The fourth-order valence-electron chi connectivity index (χ4n) is 3.41. The molecule has 29 heavy (non-hydrogen) atoms. The number of nitrogens with one attached hydrogen (secondary N) is 1.